The maximum atomic E-state index is 3.15. The van der Waals surface area contributed by atoms with Gasteiger partial charge in [-0.15, -0.1) is 0 Å². The first kappa shape index (κ1) is 8.17. The standard InChI is InChI=1S/C11H14N2/c1-8-7-13(3)11-5-4-9(12-2)6-10(8)11/h4-7,12H,1-3H3. The van der Waals surface area contributed by atoms with Crippen molar-refractivity contribution in [1.82, 2.24) is 4.57 Å². The maximum absolute atomic E-state index is 3.15. The van der Waals surface area contributed by atoms with Gasteiger partial charge in [0, 0.05) is 36.9 Å². The van der Waals surface area contributed by atoms with Crippen LogP contribution < -0.4 is 5.32 Å². The van der Waals surface area contributed by atoms with Gasteiger partial charge in [0.05, 0.1) is 0 Å². The van der Waals surface area contributed by atoms with Crippen molar-refractivity contribution in [2.75, 3.05) is 12.4 Å². The third-order valence-corrected chi connectivity index (χ3v) is 2.48. The quantitative estimate of drug-likeness (QED) is 0.703. The molecule has 1 aromatic heterocycles. The predicted octanol–water partition coefficient (Wildman–Crippen LogP) is 2.53. The largest absolute Gasteiger partial charge is 0.388 e. The summed E-state index contributed by atoms with van der Waals surface area (Å²) in [5.41, 5.74) is 3.79. The topological polar surface area (TPSA) is 17.0 Å². The van der Waals surface area contributed by atoms with Gasteiger partial charge in [-0.25, -0.2) is 0 Å². The number of rotatable bonds is 1. The SMILES string of the molecule is CNc1ccc2c(c1)c(C)cn2C. The summed E-state index contributed by atoms with van der Waals surface area (Å²) < 4.78 is 2.16. The van der Waals surface area contributed by atoms with Crippen LogP contribution in [0.3, 0.4) is 0 Å². The van der Waals surface area contributed by atoms with Crippen molar-refractivity contribution in [1.29, 1.82) is 0 Å². The molecule has 2 nitrogen and oxygen atoms in total. The van der Waals surface area contributed by atoms with Crippen LogP contribution >= 0.6 is 0 Å². The fourth-order valence-corrected chi connectivity index (χ4v) is 1.74. The fourth-order valence-electron chi connectivity index (χ4n) is 1.74. The Morgan fingerprint density at radius 1 is 1.31 bits per heavy atom. The predicted molar refractivity (Wildman–Crippen MR) is 57.2 cm³/mol. The highest BCUT2D eigenvalue weighted by Crippen LogP contribution is 2.23. The number of nitrogens with zero attached hydrogens (tertiary/aromatic N) is 1. The molecule has 0 aliphatic heterocycles. The van der Waals surface area contributed by atoms with E-state index in [1.807, 2.05) is 7.05 Å². The van der Waals surface area contributed by atoms with E-state index < -0.39 is 0 Å². The van der Waals surface area contributed by atoms with Gasteiger partial charge in [-0.1, -0.05) is 0 Å². The van der Waals surface area contributed by atoms with E-state index in [-0.39, 0.29) is 0 Å². The molecule has 0 amide bonds. The average Bonchev–Trinajstić information content (AvgIpc) is 2.42. The maximum Gasteiger partial charge on any atom is 0.0481 e. The summed E-state index contributed by atoms with van der Waals surface area (Å²) >= 11 is 0. The number of nitrogens with one attached hydrogen (secondary N) is 1. The molecule has 0 bridgehead atoms. The lowest BCUT2D eigenvalue weighted by Gasteiger charge is -2.00. The van der Waals surface area contributed by atoms with Gasteiger partial charge in [0.2, 0.25) is 0 Å². The van der Waals surface area contributed by atoms with E-state index in [1.165, 1.54) is 22.2 Å². The van der Waals surface area contributed by atoms with Crippen molar-refractivity contribution in [3.8, 4) is 0 Å². The Morgan fingerprint density at radius 2 is 2.08 bits per heavy atom. The molecule has 0 radical (unpaired) electrons. The number of anilines is 1. The second-order valence-corrected chi connectivity index (χ2v) is 3.40. The van der Waals surface area contributed by atoms with E-state index in [1.54, 1.807) is 0 Å². The van der Waals surface area contributed by atoms with Crippen LogP contribution in [0.25, 0.3) is 10.9 Å². The monoisotopic (exact) mass is 174 g/mol. The normalized spacial score (nSPS) is 10.7. The number of aromatic nitrogens is 1. The van der Waals surface area contributed by atoms with Crippen LogP contribution in [0.5, 0.6) is 0 Å². The summed E-state index contributed by atoms with van der Waals surface area (Å²) in [7, 11) is 4.02. The summed E-state index contributed by atoms with van der Waals surface area (Å²) in [5, 5.41) is 4.47. The zero-order valence-corrected chi connectivity index (χ0v) is 8.26. The van der Waals surface area contributed by atoms with E-state index in [0.717, 1.165) is 0 Å². The first-order valence-corrected chi connectivity index (χ1v) is 4.46. The van der Waals surface area contributed by atoms with Crippen molar-refractivity contribution in [2.24, 2.45) is 7.05 Å². The second-order valence-electron chi connectivity index (χ2n) is 3.40. The van der Waals surface area contributed by atoms with Gasteiger partial charge >= 0.3 is 0 Å². The zero-order valence-electron chi connectivity index (χ0n) is 8.26. The van der Waals surface area contributed by atoms with Crippen LogP contribution in [-0.2, 0) is 7.05 Å². The van der Waals surface area contributed by atoms with E-state index in [9.17, 15) is 0 Å². The summed E-state index contributed by atoms with van der Waals surface area (Å²) in [6, 6.07) is 6.43. The van der Waals surface area contributed by atoms with Crippen molar-refractivity contribution in [3.63, 3.8) is 0 Å². The number of hydrogen-bond acceptors (Lipinski definition) is 1. The van der Waals surface area contributed by atoms with E-state index >= 15 is 0 Å². The lowest BCUT2D eigenvalue weighted by atomic mass is 10.2. The molecule has 0 spiro atoms. The minimum Gasteiger partial charge on any atom is -0.388 e. The van der Waals surface area contributed by atoms with Gasteiger partial charge in [-0.05, 0) is 30.7 Å². The summed E-state index contributed by atoms with van der Waals surface area (Å²) in [4.78, 5) is 0. The molecule has 1 heterocycles. The molecule has 0 unspecified atom stereocenters. The third-order valence-electron chi connectivity index (χ3n) is 2.48. The molecular formula is C11H14N2. The summed E-state index contributed by atoms with van der Waals surface area (Å²) in [6.45, 7) is 2.14. The molecule has 0 aliphatic rings. The molecule has 2 rings (SSSR count). The number of fused-ring (bicyclic) bond motifs is 1. The molecule has 0 atom stereocenters. The third kappa shape index (κ3) is 1.18. The number of hydrogen-bond donors (Lipinski definition) is 1. The highest BCUT2D eigenvalue weighted by Gasteiger charge is 2.02. The smallest absolute Gasteiger partial charge is 0.0481 e. The van der Waals surface area contributed by atoms with Crippen LogP contribution in [0.1, 0.15) is 5.56 Å². The first-order chi connectivity index (χ1) is 6.22. The van der Waals surface area contributed by atoms with Gasteiger partial charge in [0.25, 0.3) is 0 Å². The van der Waals surface area contributed by atoms with E-state index in [2.05, 4.69) is 48.3 Å². The Morgan fingerprint density at radius 3 is 2.77 bits per heavy atom. The van der Waals surface area contributed by atoms with Crippen molar-refractivity contribution < 1.29 is 0 Å². The van der Waals surface area contributed by atoms with Crippen LogP contribution in [0.15, 0.2) is 24.4 Å². The molecule has 1 N–H and O–H groups in total. The summed E-state index contributed by atoms with van der Waals surface area (Å²) in [5.74, 6) is 0. The van der Waals surface area contributed by atoms with E-state index in [0.29, 0.717) is 0 Å². The van der Waals surface area contributed by atoms with Gasteiger partial charge in [0.15, 0.2) is 0 Å². The van der Waals surface area contributed by atoms with Crippen LogP contribution in [0.4, 0.5) is 5.69 Å². The van der Waals surface area contributed by atoms with Crippen molar-refractivity contribution in [2.45, 2.75) is 6.92 Å². The zero-order chi connectivity index (χ0) is 9.42. The molecule has 0 saturated carbocycles. The Labute approximate surface area is 78.2 Å². The second kappa shape index (κ2) is 2.80. The lowest BCUT2D eigenvalue weighted by Crippen LogP contribution is -1.88. The highest BCUT2D eigenvalue weighted by atomic mass is 14.9. The minimum atomic E-state index is 1.17. The fraction of sp³-hybridized carbons (Fsp3) is 0.273. The molecule has 0 aliphatic carbocycles. The molecule has 1 aromatic carbocycles. The molecule has 13 heavy (non-hydrogen) atoms. The first-order valence-electron chi connectivity index (χ1n) is 4.46. The van der Waals surface area contributed by atoms with E-state index in [4.69, 9.17) is 0 Å². The van der Waals surface area contributed by atoms with Gasteiger partial charge in [0.1, 0.15) is 0 Å². The highest BCUT2D eigenvalue weighted by molar-refractivity contribution is 5.86. The molecule has 2 aromatic rings. The van der Waals surface area contributed by atoms with Crippen LogP contribution in [-0.4, -0.2) is 11.6 Å². The van der Waals surface area contributed by atoms with Crippen molar-refractivity contribution >= 4 is 16.6 Å². The van der Waals surface area contributed by atoms with Gasteiger partial charge < -0.3 is 9.88 Å². The Kier molecular flexibility index (Phi) is 1.76. The number of benzene rings is 1. The average molecular weight is 174 g/mol. The molecule has 0 saturated heterocycles. The molecule has 68 valence electrons. The Balaban J connectivity index is 2.76. The van der Waals surface area contributed by atoms with Gasteiger partial charge in [-0.2, -0.15) is 0 Å². The Hall–Kier alpha value is -1.44. The van der Waals surface area contributed by atoms with Crippen LogP contribution in [0.2, 0.25) is 0 Å². The molecule has 0 fully saturated rings. The lowest BCUT2D eigenvalue weighted by molar-refractivity contribution is 0.964. The Bertz CT molecular complexity index is 441. The van der Waals surface area contributed by atoms with Crippen molar-refractivity contribution in [3.05, 3.63) is 30.0 Å². The number of aryl methyl sites for hydroxylation is 2. The van der Waals surface area contributed by atoms with Gasteiger partial charge in [-0.3, -0.25) is 0 Å². The minimum absolute atomic E-state index is 1.17. The molecular weight excluding hydrogens is 160 g/mol. The van der Waals surface area contributed by atoms with Crippen LogP contribution in [0, 0.1) is 6.92 Å². The summed E-state index contributed by atoms with van der Waals surface area (Å²) in [6.07, 6.45) is 2.16. The molecule has 2 heteroatoms.